The van der Waals surface area contributed by atoms with E-state index < -0.39 is 5.82 Å². The molecule has 86 valence electrons. The summed E-state index contributed by atoms with van der Waals surface area (Å²) >= 11 is 9.04. The second-order valence-electron chi connectivity index (χ2n) is 3.63. The molecule has 0 aliphatic carbocycles. The number of benzene rings is 1. The maximum absolute atomic E-state index is 13.4. The van der Waals surface area contributed by atoms with Gasteiger partial charge in [-0.1, -0.05) is 15.9 Å². The molecule has 6 heteroatoms. The Labute approximate surface area is 105 Å². The lowest BCUT2D eigenvalue weighted by Crippen LogP contribution is -2.25. The van der Waals surface area contributed by atoms with Crippen LogP contribution in [0.25, 0.3) is 0 Å². The van der Waals surface area contributed by atoms with Crippen molar-refractivity contribution >= 4 is 44.8 Å². The molecule has 1 aromatic rings. The van der Waals surface area contributed by atoms with E-state index in [1.54, 1.807) is 6.07 Å². The Hall–Kier alpha value is -0.810. The van der Waals surface area contributed by atoms with Crippen molar-refractivity contribution in [1.82, 2.24) is 0 Å². The molecule has 16 heavy (non-hydrogen) atoms. The topological polar surface area (TPSA) is 46.3 Å². The van der Waals surface area contributed by atoms with E-state index in [0.29, 0.717) is 16.7 Å². The van der Waals surface area contributed by atoms with E-state index in [2.05, 4.69) is 15.9 Å². The average molecular weight is 308 g/mol. The fourth-order valence-electron chi connectivity index (χ4n) is 1.69. The highest BCUT2D eigenvalue weighted by Crippen LogP contribution is 2.33. The fraction of sp³-hybridized carbons (Fsp3) is 0.300. The summed E-state index contributed by atoms with van der Waals surface area (Å²) < 4.78 is 13.9. The quantitative estimate of drug-likeness (QED) is 0.640. The van der Waals surface area contributed by atoms with Crippen LogP contribution in [-0.4, -0.2) is 17.8 Å². The molecule has 1 atom stereocenters. The Morgan fingerprint density at radius 3 is 2.81 bits per heavy atom. The molecule has 2 rings (SSSR count). The van der Waals surface area contributed by atoms with Crippen molar-refractivity contribution in [1.29, 1.82) is 0 Å². The number of hydrogen-bond acceptors (Lipinski definition) is 2. The molecule has 1 unspecified atom stereocenters. The summed E-state index contributed by atoms with van der Waals surface area (Å²) in [6.07, 6.45) is 0.259. The second kappa shape index (κ2) is 4.22. The van der Waals surface area contributed by atoms with Crippen molar-refractivity contribution in [2.45, 2.75) is 11.8 Å². The summed E-state index contributed by atoms with van der Waals surface area (Å²) in [6.45, 7) is 0.362. The van der Waals surface area contributed by atoms with E-state index >= 15 is 0 Å². The predicted molar refractivity (Wildman–Crippen MR) is 65.1 cm³/mol. The third-order valence-electron chi connectivity index (χ3n) is 2.44. The largest absolute Gasteiger partial charge is 0.395 e. The molecule has 1 aliphatic rings. The van der Waals surface area contributed by atoms with Gasteiger partial charge in [0.2, 0.25) is 5.91 Å². The average Bonchev–Trinajstić information content (AvgIpc) is 2.51. The van der Waals surface area contributed by atoms with E-state index in [0.717, 1.165) is 0 Å². The molecular formula is C10H9BrClFN2O. The molecule has 1 aliphatic heterocycles. The number of anilines is 2. The minimum absolute atomic E-state index is 0.0256. The summed E-state index contributed by atoms with van der Waals surface area (Å²) in [5, 5.41) is -0.242. The normalized spacial score (nSPS) is 20.6. The first kappa shape index (κ1) is 11.7. The summed E-state index contributed by atoms with van der Waals surface area (Å²) in [6, 6.07) is 2.88. The standard InChI is InChI=1S/C10H9BrClFN2O/c11-5-1-7(13)10(14)8(2-5)15-4-6(12)3-9(15)16/h1-2,6H,3-4,14H2. The lowest BCUT2D eigenvalue weighted by molar-refractivity contribution is -0.117. The molecule has 1 fully saturated rings. The van der Waals surface area contributed by atoms with Crippen LogP contribution in [-0.2, 0) is 4.79 Å². The van der Waals surface area contributed by atoms with Crippen molar-refractivity contribution in [3.05, 3.63) is 22.4 Å². The summed E-state index contributed by atoms with van der Waals surface area (Å²) in [5.41, 5.74) is 5.96. The van der Waals surface area contributed by atoms with Gasteiger partial charge in [0.05, 0.1) is 16.8 Å². The van der Waals surface area contributed by atoms with E-state index in [1.165, 1.54) is 11.0 Å². The van der Waals surface area contributed by atoms with Crippen molar-refractivity contribution in [3.63, 3.8) is 0 Å². The van der Waals surface area contributed by atoms with Crippen molar-refractivity contribution in [2.75, 3.05) is 17.2 Å². The molecule has 1 saturated heterocycles. The molecule has 0 radical (unpaired) electrons. The van der Waals surface area contributed by atoms with Crippen LogP contribution in [0, 0.1) is 5.82 Å². The molecule has 1 heterocycles. The van der Waals surface area contributed by atoms with Crippen LogP contribution in [0.3, 0.4) is 0 Å². The van der Waals surface area contributed by atoms with Crippen molar-refractivity contribution in [3.8, 4) is 0 Å². The van der Waals surface area contributed by atoms with Crippen LogP contribution < -0.4 is 10.6 Å². The number of nitrogens with zero attached hydrogens (tertiary/aromatic N) is 1. The SMILES string of the molecule is Nc1c(F)cc(Br)cc1N1CC(Cl)CC1=O. The van der Waals surface area contributed by atoms with E-state index in [-0.39, 0.29) is 23.4 Å². The number of halogens is 3. The monoisotopic (exact) mass is 306 g/mol. The first-order valence-corrected chi connectivity index (χ1v) is 5.91. The molecule has 3 nitrogen and oxygen atoms in total. The Bertz CT molecular complexity index is 455. The molecule has 2 N–H and O–H groups in total. The zero-order chi connectivity index (χ0) is 11.9. The first-order valence-electron chi connectivity index (χ1n) is 4.68. The zero-order valence-corrected chi connectivity index (χ0v) is 10.6. The van der Waals surface area contributed by atoms with Crippen molar-refractivity contribution < 1.29 is 9.18 Å². The van der Waals surface area contributed by atoms with Gasteiger partial charge in [-0.2, -0.15) is 0 Å². The molecule has 0 aromatic heterocycles. The van der Waals surface area contributed by atoms with Crippen molar-refractivity contribution in [2.24, 2.45) is 0 Å². The minimum Gasteiger partial charge on any atom is -0.395 e. The number of nitrogen functional groups attached to an aromatic ring is 1. The van der Waals surface area contributed by atoms with Gasteiger partial charge in [0, 0.05) is 17.4 Å². The van der Waals surface area contributed by atoms with Crippen LogP contribution in [0.4, 0.5) is 15.8 Å². The van der Waals surface area contributed by atoms with Crippen LogP contribution in [0.1, 0.15) is 6.42 Å². The predicted octanol–water partition coefficient (Wildman–Crippen LogP) is 2.51. The van der Waals surface area contributed by atoms with Gasteiger partial charge >= 0.3 is 0 Å². The van der Waals surface area contributed by atoms with E-state index in [1.807, 2.05) is 0 Å². The number of hydrogen-bond donors (Lipinski definition) is 1. The van der Waals surface area contributed by atoms with Crippen LogP contribution >= 0.6 is 27.5 Å². The maximum atomic E-state index is 13.4. The molecule has 0 saturated carbocycles. The highest BCUT2D eigenvalue weighted by Gasteiger charge is 2.31. The van der Waals surface area contributed by atoms with Crippen LogP contribution in [0.5, 0.6) is 0 Å². The highest BCUT2D eigenvalue weighted by molar-refractivity contribution is 9.10. The number of carbonyl (C=O) groups excluding carboxylic acids is 1. The summed E-state index contributed by atoms with van der Waals surface area (Å²) in [4.78, 5) is 13.0. The van der Waals surface area contributed by atoms with Crippen LogP contribution in [0.2, 0.25) is 0 Å². The Kier molecular flexibility index (Phi) is 3.08. The molecule has 1 amide bonds. The third-order valence-corrected chi connectivity index (χ3v) is 3.19. The Balaban J connectivity index is 2.44. The Morgan fingerprint density at radius 1 is 1.56 bits per heavy atom. The smallest absolute Gasteiger partial charge is 0.228 e. The van der Waals surface area contributed by atoms with Gasteiger partial charge in [-0.15, -0.1) is 11.6 Å². The van der Waals surface area contributed by atoms with E-state index in [9.17, 15) is 9.18 Å². The summed E-state index contributed by atoms with van der Waals surface area (Å²) in [5.74, 6) is -0.681. The zero-order valence-electron chi connectivity index (χ0n) is 8.21. The minimum atomic E-state index is -0.546. The Morgan fingerprint density at radius 2 is 2.25 bits per heavy atom. The highest BCUT2D eigenvalue weighted by atomic mass is 79.9. The van der Waals surface area contributed by atoms with Gasteiger partial charge in [0.1, 0.15) is 5.82 Å². The summed E-state index contributed by atoms with van der Waals surface area (Å²) in [7, 11) is 0. The first-order chi connectivity index (χ1) is 7.49. The van der Waals surface area contributed by atoms with Gasteiger partial charge in [-0.25, -0.2) is 4.39 Å². The molecule has 0 bridgehead atoms. The molecule has 1 aromatic carbocycles. The van der Waals surface area contributed by atoms with Crippen LogP contribution in [0.15, 0.2) is 16.6 Å². The fourth-order valence-corrected chi connectivity index (χ4v) is 2.38. The van der Waals surface area contributed by atoms with Gasteiger partial charge in [-0.05, 0) is 12.1 Å². The number of carbonyl (C=O) groups is 1. The van der Waals surface area contributed by atoms with Gasteiger partial charge in [0.15, 0.2) is 0 Å². The van der Waals surface area contributed by atoms with Gasteiger partial charge in [-0.3, -0.25) is 4.79 Å². The lowest BCUT2D eigenvalue weighted by atomic mass is 10.2. The van der Waals surface area contributed by atoms with Gasteiger partial charge < -0.3 is 10.6 Å². The number of alkyl halides is 1. The second-order valence-corrected chi connectivity index (χ2v) is 5.16. The lowest BCUT2D eigenvalue weighted by Gasteiger charge is -2.18. The molecule has 0 spiro atoms. The molecular weight excluding hydrogens is 298 g/mol. The number of nitrogens with two attached hydrogens (primary N) is 1. The van der Waals surface area contributed by atoms with Gasteiger partial charge in [0.25, 0.3) is 0 Å². The van der Waals surface area contributed by atoms with E-state index in [4.69, 9.17) is 17.3 Å². The number of amides is 1. The number of rotatable bonds is 1. The maximum Gasteiger partial charge on any atom is 0.228 e. The third kappa shape index (κ3) is 2.01.